The summed E-state index contributed by atoms with van der Waals surface area (Å²) in [5, 5.41) is 14.9. The Morgan fingerprint density at radius 1 is 1.08 bits per heavy atom. The Hall–Kier alpha value is -2.74. The third-order valence-corrected chi connectivity index (χ3v) is 5.14. The number of hydrogen-bond donors (Lipinski definition) is 1. The summed E-state index contributed by atoms with van der Waals surface area (Å²) in [7, 11) is -3.82. The number of sulfonamides is 1. The number of hydrogen-bond acceptors (Lipinski definition) is 5. The zero-order chi connectivity index (χ0) is 18.8. The number of nitro benzene ring substituents is 1. The van der Waals surface area contributed by atoms with Crippen LogP contribution in [0.3, 0.4) is 0 Å². The molecule has 2 aromatic rings. The highest BCUT2D eigenvalue weighted by atomic mass is 32.2. The number of aryl methyl sites for hydroxylation is 3. The van der Waals surface area contributed by atoms with Gasteiger partial charge in [0.05, 0.1) is 15.5 Å². The van der Waals surface area contributed by atoms with Crippen molar-refractivity contribution in [3.05, 3.63) is 68.8 Å². The van der Waals surface area contributed by atoms with E-state index in [4.69, 9.17) is 0 Å². The van der Waals surface area contributed by atoms with Gasteiger partial charge in [0, 0.05) is 17.2 Å². The number of rotatable bonds is 5. The molecule has 0 fully saturated rings. The predicted octanol–water partition coefficient (Wildman–Crippen LogP) is 3.22. The van der Waals surface area contributed by atoms with Crippen LogP contribution in [0.25, 0.3) is 0 Å². The lowest BCUT2D eigenvalue weighted by atomic mass is 10.1. The summed E-state index contributed by atoms with van der Waals surface area (Å²) in [5.41, 5.74) is 2.72. The lowest BCUT2D eigenvalue weighted by Crippen LogP contribution is -2.21. The van der Waals surface area contributed by atoms with E-state index in [2.05, 4.69) is 9.93 Å². The monoisotopic (exact) mass is 361 g/mol. The number of benzene rings is 2. The van der Waals surface area contributed by atoms with Crippen LogP contribution in [0.5, 0.6) is 0 Å². The molecular formula is C17H19N3O4S. The second-order valence-corrected chi connectivity index (χ2v) is 7.45. The molecular weight excluding hydrogens is 342 g/mol. The Kier molecular flexibility index (Phi) is 5.22. The van der Waals surface area contributed by atoms with E-state index in [9.17, 15) is 18.5 Å². The largest absolute Gasteiger partial charge is 0.276 e. The average Bonchev–Trinajstić information content (AvgIpc) is 2.55. The molecule has 0 saturated carbocycles. The molecule has 0 aliphatic carbocycles. The second-order valence-electron chi connectivity index (χ2n) is 5.82. The van der Waals surface area contributed by atoms with Crippen molar-refractivity contribution in [3.8, 4) is 0 Å². The molecule has 1 N–H and O–H groups in total. The van der Waals surface area contributed by atoms with E-state index in [1.54, 1.807) is 52.0 Å². The van der Waals surface area contributed by atoms with Crippen LogP contribution in [0, 0.1) is 30.9 Å². The molecule has 0 amide bonds. The van der Waals surface area contributed by atoms with E-state index >= 15 is 0 Å². The third-order valence-electron chi connectivity index (χ3n) is 3.79. The van der Waals surface area contributed by atoms with Gasteiger partial charge in [0.2, 0.25) is 0 Å². The van der Waals surface area contributed by atoms with Crippen molar-refractivity contribution in [2.24, 2.45) is 5.10 Å². The average molecular weight is 361 g/mol. The smallest absolute Gasteiger partial charge is 0.258 e. The van der Waals surface area contributed by atoms with E-state index < -0.39 is 14.9 Å². The first-order valence-electron chi connectivity index (χ1n) is 7.50. The van der Waals surface area contributed by atoms with Crippen LogP contribution < -0.4 is 4.83 Å². The second kappa shape index (κ2) is 7.02. The summed E-state index contributed by atoms with van der Waals surface area (Å²) in [6.45, 7) is 6.73. The Morgan fingerprint density at radius 3 is 2.36 bits per heavy atom. The molecule has 2 aromatic carbocycles. The molecule has 7 nitrogen and oxygen atoms in total. The minimum absolute atomic E-state index is 0.0376. The van der Waals surface area contributed by atoms with Gasteiger partial charge in [-0.2, -0.15) is 18.4 Å². The highest BCUT2D eigenvalue weighted by molar-refractivity contribution is 7.89. The maximum Gasteiger partial charge on any atom is 0.276 e. The Bertz CT molecular complexity index is 966. The lowest BCUT2D eigenvalue weighted by Gasteiger charge is -2.09. The van der Waals surface area contributed by atoms with Crippen LogP contribution in [0.1, 0.15) is 29.2 Å². The van der Waals surface area contributed by atoms with Gasteiger partial charge in [-0.15, -0.1) is 0 Å². The van der Waals surface area contributed by atoms with Crippen molar-refractivity contribution in [1.82, 2.24) is 4.83 Å². The summed E-state index contributed by atoms with van der Waals surface area (Å²) < 4.78 is 24.9. The van der Waals surface area contributed by atoms with E-state index in [0.717, 1.165) is 5.56 Å². The fourth-order valence-electron chi connectivity index (χ4n) is 2.27. The molecule has 0 bridgehead atoms. The lowest BCUT2D eigenvalue weighted by molar-refractivity contribution is -0.385. The van der Waals surface area contributed by atoms with Crippen LogP contribution in [-0.4, -0.2) is 19.1 Å². The van der Waals surface area contributed by atoms with E-state index in [-0.39, 0.29) is 10.6 Å². The molecule has 0 aliphatic heterocycles. The van der Waals surface area contributed by atoms with Crippen molar-refractivity contribution < 1.29 is 13.3 Å². The summed E-state index contributed by atoms with van der Waals surface area (Å²) >= 11 is 0. The van der Waals surface area contributed by atoms with Gasteiger partial charge in [-0.1, -0.05) is 24.3 Å². The maximum atomic E-state index is 12.4. The van der Waals surface area contributed by atoms with Gasteiger partial charge in [-0.05, 0) is 44.9 Å². The maximum absolute atomic E-state index is 12.4. The van der Waals surface area contributed by atoms with Crippen LogP contribution >= 0.6 is 0 Å². The van der Waals surface area contributed by atoms with Crippen molar-refractivity contribution in [2.75, 3.05) is 0 Å². The van der Waals surface area contributed by atoms with Crippen LogP contribution in [0.2, 0.25) is 0 Å². The summed E-state index contributed by atoms with van der Waals surface area (Å²) in [6.07, 6.45) is 0. The van der Waals surface area contributed by atoms with E-state index in [1.165, 1.54) is 6.07 Å². The molecule has 0 atom stereocenters. The molecule has 132 valence electrons. The van der Waals surface area contributed by atoms with Crippen LogP contribution in [-0.2, 0) is 10.0 Å². The van der Waals surface area contributed by atoms with Gasteiger partial charge in [-0.25, -0.2) is 0 Å². The van der Waals surface area contributed by atoms with Gasteiger partial charge >= 0.3 is 0 Å². The zero-order valence-corrected chi connectivity index (χ0v) is 15.2. The normalized spacial score (nSPS) is 12.1. The SMILES string of the molecule is CC(=NNS(=O)(=O)c1cc(C)ccc1C)c1ccc(C)c([N+](=O)[O-])c1. The van der Waals surface area contributed by atoms with Crippen LogP contribution in [0.4, 0.5) is 5.69 Å². The molecule has 0 spiro atoms. The quantitative estimate of drug-likeness (QED) is 0.502. The van der Waals surface area contributed by atoms with Crippen molar-refractivity contribution >= 4 is 21.4 Å². The number of nitrogens with one attached hydrogen (secondary N) is 1. The van der Waals surface area contributed by atoms with Gasteiger partial charge in [0.15, 0.2) is 0 Å². The zero-order valence-electron chi connectivity index (χ0n) is 14.4. The van der Waals surface area contributed by atoms with Gasteiger partial charge in [-0.3, -0.25) is 10.1 Å². The Morgan fingerprint density at radius 2 is 1.72 bits per heavy atom. The Labute approximate surface area is 146 Å². The summed E-state index contributed by atoms with van der Waals surface area (Å²) in [6, 6.07) is 9.76. The minimum atomic E-state index is -3.82. The van der Waals surface area contributed by atoms with Gasteiger partial charge in [0.1, 0.15) is 0 Å². The number of hydrazone groups is 1. The third kappa shape index (κ3) is 4.21. The molecule has 0 aromatic heterocycles. The highest BCUT2D eigenvalue weighted by Gasteiger charge is 2.17. The number of nitrogens with zero attached hydrogens (tertiary/aromatic N) is 2. The van der Waals surface area contributed by atoms with Crippen LogP contribution in [0.15, 0.2) is 46.4 Å². The van der Waals surface area contributed by atoms with Crippen molar-refractivity contribution in [2.45, 2.75) is 32.6 Å². The van der Waals surface area contributed by atoms with Crippen molar-refractivity contribution in [1.29, 1.82) is 0 Å². The first-order chi connectivity index (χ1) is 11.6. The standard InChI is InChI=1S/C17H19N3O4S/c1-11-5-6-13(3)17(9-11)25(23,24)19-18-14(4)15-8-7-12(2)16(10-15)20(21)22/h5-10,19H,1-4H3. The minimum Gasteiger partial charge on any atom is -0.258 e. The van der Waals surface area contributed by atoms with Gasteiger partial charge < -0.3 is 0 Å². The molecule has 0 unspecified atom stereocenters. The number of nitro groups is 1. The van der Waals surface area contributed by atoms with E-state index in [1.807, 2.05) is 6.07 Å². The van der Waals surface area contributed by atoms with Crippen molar-refractivity contribution in [3.63, 3.8) is 0 Å². The molecule has 2 rings (SSSR count). The first-order valence-corrected chi connectivity index (χ1v) is 8.99. The molecule has 25 heavy (non-hydrogen) atoms. The molecule has 0 heterocycles. The Balaban J connectivity index is 2.33. The molecule has 0 saturated heterocycles. The highest BCUT2D eigenvalue weighted by Crippen LogP contribution is 2.20. The molecule has 8 heteroatoms. The predicted molar refractivity (Wildman–Crippen MR) is 96.3 cm³/mol. The van der Waals surface area contributed by atoms with E-state index in [0.29, 0.717) is 22.4 Å². The fraction of sp³-hybridized carbons (Fsp3) is 0.235. The molecule has 0 aliphatic rings. The summed E-state index contributed by atoms with van der Waals surface area (Å²) in [4.78, 5) is 12.9. The first kappa shape index (κ1) is 18.6. The summed E-state index contributed by atoms with van der Waals surface area (Å²) in [5.74, 6) is 0. The topological polar surface area (TPSA) is 102 Å². The van der Waals surface area contributed by atoms with Gasteiger partial charge in [0.25, 0.3) is 15.7 Å². The molecule has 0 radical (unpaired) electrons. The fourth-order valence-corrected chi connectivity index (χ4v) is 3.46.